The number of para-hydroxylation sites is 1. The molecular formula is C15H20N2O2. The molecule has 0 saturated carbocycles. The second kappa shape index (κ2) is 5.89. The fourth-order valence-corrected chi connectivity index (χ4v) is 2.09. The monoisotopic (exact) mass is 260 g/mol. The van der Waals surface area contributed by atoms with Gasteiger partial charge in [-0.25, -0.2) is 0 Å². The number of carbonyl (C=O) groups excluding carboxylic acids is 1. The first-order valence-corrected chi connectivity index (χ1v) is 6.56. The van der Waals surface area contributed by atoms with E-state index in [1.54, 1.807) is 0 Å². The highest BCUT2D eigenvalue weighted by Crippen LogP contribution is 2.20. The third-order valence-electron chi connectivity index (χ3n) is 3.21. The molecule has 0 saturated heterocycles. The van der Waals surface area contributed by atoms with E-state index in [9.17, 15) is 4.79 Å². The number of hydrogen-bond acceptors (Lipinski definition) is 3. The van der Waals surface area contributed by atoms with Gasteiger partial charge >= 0.3 is 0 Å². The third kappa shape index (κ3) is 3.58. The van der Waals surface area contributed by atoms with E-state index >= 15 is 0 Å². The number of nitrogens with two attached hydrogens (primary N) is 1. The molecule has 0 atom stereocenters. The lowest BCUT2D eigenvalue weighted by molar-refractivity contribution is -0.118. The quantitative estimate of drug-likeness (QED) is 0.868. The Kier molecular flexibility index (Phi) is 4.22. The molecule has 0 aliphatic carbocycles. The number of benzene rings is 1. The van der Waals surface area contributed by atoms with Gasteiger partial charge in [0, 0.05) is 24.4 Å². The van der Waals surface area contributed by atoms with Crippen molar-refractivity contribution in [2.24, 2.45) is 5.73 Å². The molecule has 0 radical (unpaired) electrons. The Morgan fingerprint density at radius 2 is 2.11 bits per heavy atom. The molecular weight excluding hydrogens is 240 g/mol. The number of hydrogen-bond donors (Lipinski definition) is 1. The van der Waals surface area contributed by atoms with Crippen LogP contribution in [-0.2, 0) is 11.3 Å². The molecule has 0 unspecified atom stereocenters. The summed E-state index contributed by atoms with van der Waals surface area (Å²) in [5.41, 5.74) is 6.11. The van der Waals surface area contributed by atoms with Crippen LogP contribution in [0.25, 0.3) is 11.0 Å². The maximum absolute atomic E-state index is 10.9. The molecule has 0 fully saturated rings. The van der Waals surface area contributed by atoms with Gasteiger partial charge in [-0.15, -0.1) is 0 Å². The van der Waals surface area contributed by atoms with E-state index < -0.39 is 0 Å². The van der Waals surface area contributed by atoms with Gasteiger partial charge in [0.1, 0.15) is 11.3 Å². The summed E-state index contributed by atoms with van der Waals surface area (Å²) in [4.78, 5) is 13.1. The van der Waals surface area contributed by atoms with Crippen molar-refractivity contribution in [1.29, 1.82) is 0 Å². The molecule has 2 N–H and O–H groups in total. The largest absolute Gasteiger partial charge is 0.460 e. The molecule has 1 heterocycles. The van der Waals surface area contributed by atoms with Crippen molar-refractivity contribution in [3.8, 4) is 0 Å². The lowest BCUT2D eigenvalue weighted by atomic mass is 10.2. The van der Waals surface area contributed by atoms with E-state index in [2.05, 4.69) is 24.8 Å². The molecule has 2 aromatic rings. The smallest absolute Gasteiger partial charge is 0.218 e. The Balaban J connectivity index is 2.09. The van der Waals surface area contributed by atoms with Crippen LogP contribution >= 0.6 is 0 Å². The van der Waals surface area contributed by atoms with E-state index in [0.29, 0.717) is 25.6 Å². The maximum Gasteiger partial charge on any atom is 0.218 e. The van der Waals surface area contributed by atoms with Crippen LogP contribution in [0.3, 0.4) is 0 Å². The van der Waals surface area contributed by atoms with Crippen LogP contribution < -0.4 is 5.73 Å². The Hall–Kier alpha value is -1.81. The highest BCUT2D eigenvalue weighted by Gasteiger charge is 2.13. The summed E-state index contributed by atoms with van der Waals surface area (Å²) < 4.78 is 5.80. The van der Waals surface area contributed by atoms with Gasteiger partial charge in [0.2, 0.25) is 5.91 Å². The van der Waals surface area contributed by atoms with Gasteiger partial charge < -0.3 is 10.2 Å². The number of rotatable bonds is 6. The first-order valence-electron chi connectivity index (χ1n) is 6.56. The number of nitrogens with zero attached hydrogens (tertiary/aromatic N) is 1. The van der Waals surface area contributed by atoms with E-state index in [1.807, 2.05) is 24.3 Å². The van der Waals surface area contributed by atoms with Crippen LogP contribution in [0.1, 0.15) is 26.0 Å². The summed E-state index contributed by atoms with van der Waals surface area (Å²) >= 11 is 0. The first-order chi connectivity index (χ1) is 9.06. The number of amides is 1. The number of carbonyl (C=O) groups is 1. The molecule has 0 spiro atoms. The topological polar surface area (TPSA) is 59.5 Å². The summed E-state index contributed by atoms with van der Waals surface area (Å²) in [7, 11) is 0. The lowest BCUT2D eigenvalue weighted by Crippen LogP contribution is -2.33. The minimum Gasteiger partial charge on any atom is -0.460 e. The van der Waals surface area contributed by atoms with Crippen LogP contribution in [0.15, 0.2) is 34.7 Å². The molecule has 19 heavy (non-hydrogen) atoms. The molecule has 1 aromatic carbocycles. The Bertz CT molecular complexity index is 527. The standard InChI is InChI=1S/C15H20N2O2/c1-11(2)17(8-7-15(16)18)10-13-9-12-5-3-4-6-14(12)19-13/h3-6,9,11H,7-8,10H2,1-2H3,(H2,16,18). The maximum atomic E-state index is 10.9. The second-order valence-electron chi connectivity index (χ2n) is 5.03. The van der Waals surface area contributed by atoms with Crippen LogP contribution in [0.5, 0.6) is 0 Å². The van der Waals surface area contributed by atoms with E-state index in [4.69, 9.17) is 10.2 Å². The van der Waals surface area contributed by atoms with Gasteiger partial charge in [0.05, 0.1) is 6.54 Å². The number of fused-ring (bicyclic) bond motifs is 1. The Morgan fingerprint density at radius 1 is 1.37 bits per heavy atom. The predicted octanol–water partition coefficient (Wildman–Crippen LogP) is 2.52. The van der Waals surface area contributed by atoms with Crippen molar-refractivity contribution in [1.82, 2.24) is 4.90 Å². The van der Waals surface area contributed by atoms with Crippen molar-refractivity contribution < 1.29 is 9.21 Å². The predicted molar refractivity (Wildman–Crippen MR) is 75.6 cm³/mol. The van der Waals surface area contributed by atoms with Crippen LogP contribution in [0.4, 0.5) is 0 Å². The third-order valence-corrected chi connectivity index (χ3v) is 3.21. The molecule has 102 valence electrons. The zero-order valence-corrected chi connectivity index (χ0v) is 11.4. The molecule has 1 amide bonds. The Labute approximate surface area is 113 Å². The van der Waals surface area contributed by atoms with E-state index in [-0.39, 0.29) is 5.91 Å². The minimum atomic E-state index is -0.268. The summed E-state index contributed by atoms with van der Waals surface area (Å²) in [6.07, 6.45) is 0.373. The number of furan rings is 1. The minimum absolute atomic E-state index is 0.268. The zero-order chi connectivity index (χ0) is 13.8. The van der Waals surface area contributed by atoms with Gasteiger partial charge in [0.15, 0.2) is 0 Å². The van der Waals surface area contributed by atoms with Gasteiger partial charge in [-0.3, -0.25) is 9.69 Å². The number of primary amides is 1. The fraction of sp³-hybridized carbons (Fsp3) is 0.400. The zero-order valence-electron chi connectivity index (χ0n) is 11.4. The van der Waals surface area contributed by atoms with Crippen LogP contribution in [0, 0.1) is 0 Å². The lowest BCUT2D eigenvalue weighted by Gasteiger charge is -2.24. The SMILES string of the molecule is CC(C)N(CCC(N)=O)Cc1cc2ccccc2o1. The van der Waals surface area contributed by atoms with Gasteiger partial charge in [-0.05, 0) is 26.0 Å². The van der Waals surface area contributed by atoms with Crippen LogP contribution in [-0.4, -0.2) is 23.4 Å². The van der Waals surface area contributed by atoms with E-state index in [1.165, 1.54) is 0 Å². The van der Waals surface area contributed by atoms with Crippen molar-refractivity contribution in [2.75, 3.05) is 6.54 Å². The van der Waals surface area contributed by atoms with Crippen molar-refractivity contribution >= 4 is 16.9 Å². The highest BCUT2D eigenvalue weighted by molar-refractivity contribution is 5.77. The fourth-order valence-electron chi connectivity index (χ4n) is 2.09. The highest BCUT2D eigenvalue weighted by atomic mass is 16.3. The normalized spacial score (nSPS) is 11.6. The van der Waals surface area contributed by atoms with Crippen LogP contribution in [0.2, 0.25) is 0 Å². The van der Waals surface area contributed by atoms with E-state index in [0.717, 1.165) is 16.7 Å². The van der Waals surface area contributed by atoms with Gasteiger partial charge in [-0.1, -0.05) is 18.2 Å². The Morgan fingerprint density at radius 3 is 2.74 bits per heavy atom. The summed E-state index contributed by atoms with van der Waals surface area (Å²) in [5.74, 6) is 0.648. The molecule has 0 bridgehead atoms. The summed E-state index contributed by atoms with van der Waals surface area (Å²) in [6, 6.07) is 10.3. The van der Waals surface area contributed by atoms with Crippen molar-refractivity contribution in [3.05, 3.63) is 36.1 Å². The van der Waals surface area contributed by atoms with Gasteiger partial charge in [0.25, 0.3) is 0 Å². The van der Waals surface area contributed by atoms with Crippen molar-refractivity contribution in [2.45, 2.75) is 32.9 Å². The molecule has 0 aliphatic rings. The molecule has 4 nitrogen and oxygen atoms in total. The summed E-state index contributed by atoms with van der Waals surface area (Å²) in [5, 5.41) is 1.11. The average Bonchev–Trinajstić information content (AvgIpc) is 2.76. The molecule has 2 rings (SSSR count). The molecule has 4 heteroatoms. The second-order valence-corrected chi connectivity index (χ2v) is 5.03. The molecule has 0 aliphatic heterocycles. The first kappa shape index (κ1) is 13.6. The van der Waals surface area contributed by atoms with Crippen molar-refractivity contribution in [3.63, 3.8) is 0 Å². The average molecular weight is 260 g/mol. The summed E-state index contributed by atoms with van der Waals surface area (Å²) in [6.45, 7) is 5.55. The van der Waals surface area contributed by atoms with Gasteiger partial charge in [-0.2, -0.15) is 0 Å². The molecule has 1 aromatic heterocycles.